The average Bonchev–Trinajstić information content (AvgIpc) is 3.35. The number of nitrogens with one attached hydrogen (secondary N) is 1. The molecule has 2 aromatic carbocycles. The molecular weight excluding hydrogens is 436 g/mol. The number of nitrogens with zero attached hydrogens (tertiary/aromatic N) is 3. The smallest absolute Gasteiger partial charge is 0.109 e. The summed E-state index contributed by atoms with van der Waals surface area (Å²) in [5, 5.41) is 54.4. The second-order valence-electron chi connectivity index (χ2n) is 8.98. The summed E-state index contributed by atoms with van der Waals surface area (Å²) in [5.41, 5.74) is 4.52. The Labute approximate surface area is 199 Å². The van der Waals surface area contributed by atoms with Crippen molar-refractivity contribution in [2.24, 2.45) is 0 Å². The lowest BCUT2D eigenvalue weighted by Crippen LogP contribution is -2.62. The molecule has 182 valence electrons. The number of hydroxylamine groups is 2. The first kappa shape index (κ1) is 24.6. The fraction of sp³-hybridized carbons (Fsp3) is 0.480. The van der Waals surface area contributed by atoms with Crippen LogP contribution in [-0.2, 0) is 24.5 Å². The van der Waals surface area contributed by atoms with Crippen LogP contribution in [0.1, 0.15) is 28.7 Å². The molecule has 0 unspecified atom stereocenters. The topological polar surface area (TPSA) is 132 Å². The summed E-state index contributed by atoms with van der Waals surface area (Å²) in [6.07, 6.45) is -2.51. The first-order valence-electron chi connectivity index (χ1n) is 11.6. The van der Waals surface area contributed by atoms with Crippen LogP contribution < -0.4 is 5.32 Å². The van der Waals surface area contributed by atoms with Gasteiger partial charge in [0.2, 0.25) is 0 Å². The third kappa shape index (κ3) is 5.92. The zero-order chi connectivity index (χ0) is 24.1. The predicted molar refractivity (Wildman–Crippen MR) is 125 cm³/mol. The van der Waals surface area contributed by atoms with Crippen molar-refractivity contribution in [3.63, 3.8) is 0 Å². The lowest BCUT2D eigenvalue weighted by molar-refractivity contribution is -0.147. The Morgan fingerprint density at radius 1 is 1.00 bits per heavy atom. The average molecular weight is 469 g/mol. The maximum atomic E-state index is 10.2. The molecule has 0 radical (unpaired) electrons. The molecule has 34 heavy (non-hydrogen) atoms. The Bertz CT molecular complexity index is 990. The molecule has 4 rings (SSSR count). The zero-order valence-electron chi connectivity index (χ0n) is 19.0. The highest BCUT2D eigenvalue weighted by atomic mass is 16.7. The normalized spacial score (nSPS) is 25.9. The molecule has 2 aliphatic heterocycles. The van der Waals surface area contributed by atoms with Gasteiger partial charge in [-0.15, -0.1) is 0 Å². The van der Waals surface area contributed by atoms with Crippen molar-refractivity contribution >= 4 is 5.69 Å². The minimum Gasteiger partial charge on any atom is -0.395 e. The van der Waals surface area contributed by atoms with Gasteiger partial charge in [0.1, 0.15) is 12.2 Å². The van der Waals surface area contributed by atoms with Gasteiger partial charge in [-0.05, 0) is 41.3 Å². The third-order valence-electron chi connectivity index (χ3n) is 6.43. The maximum Gasteiger partial charge on any atom is 0.109 e. The molecule has 2 aliphatic rings. The fourth-order valence-electron chi connectivity index (χ4n) is 4.54. The van der Waals surface area contributed by atoms with Crippen LogP contribution in [0.25, 0.3) is 0 Å². The quantitative estimate of drug-likeness (QED) is 0.377. The molecule has 5 N–H and O–H groups in total. The number of nitriles is 1. The molecular formula is C25H32N4O5. The van der Waals surface area contributed by atoms with Crippen LogP contribution in [0.5, 0.6) is 0 Å². The van der Waals surface area contributed by atoms with Gasteiger partial charge in [-0.25, -0.2) is 0 Å². The van der Waals surface area contributed by atoms with Crippen molar-refractivity contribution in [2.45, 2.75) is 50.4 Å². The second-order valence-corrected chi connectivity index (χ2v) is 8.98. The number of benzene rings is 2. The Morgan fingerprint density at radius 2 is 1.76 bits per heavy atom. The van der Waals surface area contributed by atoms with Gasteiger partial charge in [0.05, 0.1) is 37.0 Å². The number of hydrogen-bond acceptors (Lipinski definition) is 9. The van der Waals surface area contributed by atoms with Gasteiger partial charge in [-0.1, -0.05) is 24.3 Å². The molecule has 2 heterocycles. The fourth-order valence-corrected chi connectivity index (χ4v) is 4.54. The number of likely N-dealkylation sites (tertiary alicyclic amines) is 1. The van der Waals surface area contributed by atoms with Crippen LogP contribution in [0.15, 0.2) is 42.5 Å². The number of anilines is 1. The van der Waals surface area contributed by atoms with Crippen LogP contribution >= 0.6 is 0 Å². The van der Waals surface area contributed by atoms with E-state index in [2.05, 4.69) is 11.4 Å². The van der Waals surface area contributed by atoms with E-state index in [-0.39, 0.29) is 13.2 Å². The maximum absolute atomic E-state index is 10.2. The first-order chi connectivity index (χ1) is 16.5. The van der Waals surface area contributed by atoms with Gasteiger partial charge in [-0.3, -0.25) is 9.74 Å². The van der Waals surface area contributed by atoms with E-state index in [0.29, 0.717) is 25.2 Å². The Hall–Kier alpha value is -2.55. The van der Waals surface area contributed by atoms with E-state index in [4.69, 9.17) is 4.84 Å². The van der Waals surface area contributed by atoms with Gasteiger partial charge in [-0.2, -0.15) is 10.3 Å². The van der Waals surface area contributed by atoms with Crippen LogP contribution in [-0.4, -0.2) is 81.0 Å². The highest BCUT2D eigenvalue weighted by Gasteiger charge is 2.40. The molecule has 0 bridgehead atoms. The van der Waals surface area contributed by atoms with Crippen LogP contribution in [0.2, 0.25) is 0 Å². The third-order valence-corrected chi connectivity index (χ3v) is 6.43. The molecule has 0 spiro atoms. The summed E-state index contributed by atoms with van der Waals surface area (Å²) < 4.78 is 0. The molecule has 9 nitrogen and oxygen atoms in total. The van der Waals surface area contributed by atoms with Gasteiger partial charge in [0.25, 0.3) is 0 Å². The molecule has 0 amide bonds. The lowest BCUT2D eigenvalue weighted by atomic mass is 9.93. The molecule has 2 fully saturated rings. The van der Waals surface area contributed by atoms with E-state index in [1.165, 1.54) is 0 Å². The predicted octanol–water partition coefficient (Wildman–Crippen LogP) is 0.567. The minimum absolute atomic E-state index is 0.173. The SMILES string of the molecule is N#Cc1cc(CN2CCCO2)cc(NCc2ccc(CN3C[C@H](O)[C@@H](O)[C@H](O)[C@H]3CO)cc2)c1. The van der Waals surface area contributed by atoms with E-state index < -0.39 is 24.4 Å². The number of aliphatic hydroxyl groups excluding tert-OH is 4. The van der Waals surface area contributed by atoms with E-state index in [1.54, 1.807) is 4.90 Å². The Morgan fingerprint density at radius 3 is 2.44 bits per heavy atom. The van der Waals surface area contributed by atoms with Crippen LogP contribution in [0.3, 0.4) is 0 Å². The summed E-state index contributed by atoms with van der Waals surface area (Å²) in [6.45, 7) is 3.16. The summed E-state index contributed by atoms with van der Waals surface area (Å²) in [4.78, 5) is 7.35. The molecule has 0 aromatic heterocycles. The standard InChI is InChI=1S/C25H32N4O5/c26-11-19-8-20(14-29-6-1-7-34-29)10-21(9-19)27-12-17-2-4-18(5-3-17)13-28-15-23(31)25(33)24(32)22(28)16-30/h2-5,8-10,22-25,27,30-33H,1,6-7,12-16H2/t22-,23+,24-,25-/m1/s1. The Kier molecular flexibility index (Phi) is 8.13. The van der Waals surface area contributed by atoms with Gasteiger partial charge in [0, 0.05) is 38.4 Å². The highest BCUT2D eigenvalue weighted by molar-refractivity contribution is 5.52. The van der Waals surface area contributed by atoms with Gasteiger partial charge < -0.3 is 25.7 Å². The minimum atomic E-state index is -1.26. The summed E-state index contributed by atoms with van der Waals surface area (Å²) in [6, 6.07) is 15.3. The molecule has 0 aliphatic carbocycles. The van der Waals surface area contributed by atoms with E-state index in [9.17, 15) is 25.7 Å². The summed E-state index contributed by atoms with van der Waals surface area (Å²) in [7, 11) is 0. The second kappa shape index (κ2) is 11.3. The van der Waals surface area contributed by atoms with Gasteiger partial charge >= 0.3 is 0 Å². The Balaban J connectivity index is 1.36. The first-order valence-corrected chi connectivity index (χ1v) is 11.6. The molecule has 2 aromatic rings. The number of hydrogen-bond donors (Lipinski definition) is 5. The largest absolute Gasteiger partial charge is 0.395 e. The van der Waals surface area contributed by atoms with E-state index in [0.717, 1.165) is 42.0 Å². The number of β-amino-alcohol motifs (C(OH)–C–C–N with tert-alkyl or cyclic N) is 1. The van der Waals surface area contributed by atoms with Crippen molar-refractivity contribution in [1.82, 2.24) is 9.96 Å². The van der Waals surface area contributed by atoms with Crippen molar-refractivity contribution < 1.29 is 25.3 Å². The van der Waals surface area contributed by atoms with E-state index >= 15 is 0 Å². The molecule has 2 saturated heterocycles. The molecule has 9 heteroatoms. The molecule has 0 saturated carbocycles. The summed E-state index contributed by atoms with van der Waals surface area (Å²) in [5.74, 6) is 0. The summed E-state index contributed by atoms with van der Waals surface area (Å²) >= 11 is 0. The zero-order valence-corrected chi connectivity index (χ0v) is 19.0. The van der Waals surface area contributed by atoms with Crippen molar-refractivity contribution in [2.75, 3.05) is 31.6 Å². The van der Waals surface area contributed by atoms with E-state index in [1.807, 2.05) is 47.5 Å². The monoisotopic (exact) mass is 468 g/mol. The van der Waals surface area contributed by atoms with Crippen molar-refractivity contribution in [1.29, 1.82) is 5.26 Å². The number of aliphatic hydroxyl groups is 4. The van der Waals surface area contributed by atoms with Gasteiger partial charge in [0.15, 0.2) is 0 Å². The van der Waals surface area contributed by atoms with Crippen LogP contribution in [0, 0.1) is 11.3 Å². The van der Waals surface area contributed by atoms with Crippen molar-refractivity contribution in [3.8, 4) is 6.07 Å². The molecule has 4 atom stereocenters. The number of rotatable bonds is 8. The highest BCUT2D eigenvalue weighted by Crippen LogP contribution is 2.22. The van der Waals surface area contributed by atoms with Crippen molar-refractivity contribution in [3.05, 3.63) is 64.7 Å². The number of piperidine rings is 1. The van der Waals surface area contributed by atoms with Crippen LogP contribution in [0.4, 0.5) is 5.69 Å². The lowest BCUT2D eigenvalue weighted by Gasteiger charge is -2.43.